The highest BCUT2D eigenvalue weighted by molar-refractivity contribution is 6.30. The van der Waals surface area contributed by atoms with Gasteiger partial charge in [0.05, 0.1) is 17.1 Å². The Labute approximate surface area is 167 Å². The molecule has 4 nitrogen and oxygen atoms in total. The molecule has 7 heteroatoms. The van der Waals surface area contributed by atoms with Crippen molar-refractivity contribution in [2.45, 2.75) is 25.9 Å². The van der Waals surface area contributed by atoms with E-state index >= 15 is 0 Å². The number of fused-ring (bicyclic) bond motifs is 1. The molecule has 2 heterocycles. The Kier molecular flexibility index (Phi) is 4.63. The molecular weight excluding hydrogens is 382 g/mol. The number of hydrogen-bond acceptors (Lipinski definition) is 3. The molecule has 1 N–H and O–H groups in total. The van der Waals surface area contributed by atoms with Crippen LogP contribution in [0, 0.1) is 11.6 Å². The third kappa shape index (κ3) is 3.38. The number of anilines is 2. The van der Waals surface area contributed by atoms with Crippen LogP contribution in [0.5, 0.6) is 0 Å². The van der Waals surface area contributed by atoms with Gasteiger partial charge in [-0.15, -0.1) is 0 Å². The van der Waals surface area contributed by atoms with E-state index in [1.807, 2.05) is 0 Å². The van der Waals surface area contributed by atoms with Crippen LogP contribution in [0.1, 0.15) is 19.7 Å². The minimum absolute atomic E-state index is 0.0709. The van der Waals surface area contributed by atoms with Gasteiger partial charge in [0.15, 0.2) is 0 Å². The summed E-state index contributed by atoms with van der Waals surface area (Å²) in [6, 6.07) is 10.8. The maximum atomic E-state index is 14.0. The van der Waals surface area contributed by atoms with E-state index in [1.54, 1.807) is 18.2 Å². The third-order valence-corrected chi connectivity index (χ3v) is 5.23. The van der Waals surface area contributed by atoms with Gasteiger partial charge in [0, 0.05) is 17.8 Å². The zero-order valence-corrected chi connectivity index (χ0v) is 16.7. The fraction of sp³-hybridized carbons (Fsp3) is 0.286. The molecule has 0 radical (unpaired) electrons. The molecule has 0 saturated heterocycles. The van der Waals surface area contributed by atoms with Crippen molar-refractivity contribution < 1.29 is 8.78 Å². The first-order valence-electron chi connectivity index (χ1n) is 9.03. The first-order chi connectivity index (χ1) is 13.2. The second-order valence-corrected chi connectivity index (χ2v) is 8.21. The van der Waals surface area contributed by atoms with Crippen LogP contribution >= 0.6 is 11.6 Å². The third-order valence-electron chi connectivity index (χ3n) is 4.92. The lowest BCUT2D eigenvalue weighted by Crippen LogP contribution is -2.45. The van der Waals surface area contributed by atoms with E-state index in [1.165, 1.54) is 24.3 Å². The summed E-state index contributed by atoms with van der Waals surface area (Å²) in [5.41, 5.74) is 1.83. The maximum Gasteiger partial charge on any atom is 0.143 e. The van der Waals surface area contributed by atoms with Crippen LogP contribution in [-0.2, 0) is 12.1 Å². The normalized spacial score (nSPS) is 16.1. The van der Waals surface area contributed by atoms with Crippen molar-refractivity contribution in [2.24, 2.45) is 0 Å². The smallest absolute Gasteiger partial charge is 0.143 e. The Hall–Kier alpha value is -2.44. The lowest BCUT2D eigenvalue weighted by Gasteiger charge is -2.39. The number of rotatable bonds is 3. The Bertz CT molecular complexity index is 1030. The molecule has 4 rings (SSSR count). The first-order valence-corrected chi connectivity index (χ1v) is 9.41. The van der Waals surface area contributed by atoms with E-state index < -0.39 is 5.82 Å². The van der Waals surface area contributed by atoms with Crippen LogP contribution in [0.15, 0.2) is 42.5 Å². The van der Waals surface area contributed by atoms with E-state index in [0.717, 1.165) is 23.8 Å². The van der Waals surface area contributed by atoms with Gasteiger partial charge in [0.25, 0.3) is 0 Å². The largest absolute Gasteiger partial charge is 0.340 e. The average Bonchev–Trinajstić information content (AvgIpc) is 2.97. The molecule has 0 spiro atoms. The SMILES string of the molecule is CN1Cc2nc(-c3ccc(F)cc3)c(Nc3ccc(Cl)c(F)c3)n2C(C)(C)C1. The van der Waals surface area contributed by atoms with Gasteiger partial charge in [-0.05, 0) is 63.4 Å². The van der Waals surface area contributed by atoms with Crippen molar-refractivity contribution in [2.75, 3.05) is 18.9 Å². The van der Waals surface area contributed by atoms with E-state index in [4.69, 9.17) is 16.6 Å². The summed E-state index contributed by atoms with van der Waals surface area (Å²) in [5, 5.41) is 3.39. The molecule has 1 aliphatic rings. The van der Waals surface area contributed by atoms with Crippen molar-refractivity contribution >= 4 is 23.1 Å². The standard InChI is InChI=1S/C21H21ClF2N4/c1-21(2)12-27(3)11-18-26-19(13-4-6-14(23)7-5-13)20(28(18)21)25-15-8-9-16(22)17(24)10-15/h4-10,25H,11-12H2,1-3H3. The number of hydrogen-bond donors (Lipinski definition) is 1. The van der Waals surface area contributed by atoms with Gasteiger partial charge >= 0.3 is 0 Å². The Morgan fingerprint density at radius 1 is 1.11 bits per heavy atom. The summed E-state index contributed by atoms with van der Waals surface area (Å²) < 4.78 is 29.6. The topological polar surface area (TPSA) is 33.1 Å². The molecule has 0 atom stereocenters. The number of likely N-dealkylation sites (N-methyl/N-ethyl adjacent to an activating group) is 1. The number of nitrogens with one attached hydrogen (secondary N) is 1. The molecule has 0 unspecified atom stereocenters. The second kappa shape index (κ2) is 6.87. The average molecular weight is 403 g/mol. The number of halogens is 3. The van der Waals surface area contributed by atoms with Crippen LogP contribution in [0.2, 0.25) is 5.02 Å². The van der Waals surface area contributed by atoms with Crippen LogP contribution < -0.4 is 5.32 Å². The number of imidazole rings is 1. The summed E-state index contributed by atoms with van der Waals surface area (Å²) >= 11 is 5.82. The van der Waals surface area contributed by atoms with Gasteiger partial charge in [-0.25, -0.2) is 13.8 Å². The highest BCUT2D eigenvalue weighted by Gasteiger charge is 2.35. The summed E-state index contributed by atoms with van der Waals surface area (Å²) in [6.45, 7) is 5.79. The number of aromatic nitrogens is 2. The van der Waals surface area contributed by atoms with Crippen LogP contribution in [-0.4, -0.2) is 28.0 Å². The molecule has 1 aromatic heterocycles. The van der Waals surface area contributed by atoms with Gasteiger partial charge < -0.3 is 9.88 Å². The molecule has 1 aliphatic heterocycles. The Morgan fingerprint density at radius 3 is 2.50 bits per heavy atom. The Balaban J connectivity index is 1.88. The van der Waals surface area contributed by atoms with E-state index in [0.29, 0.717) is 17.9 Å². The summed E-state index contributed by atoms with van der Waals surface area (Å²) in [4.78, 5) is 7.06. The first kappa shape index (κ1) is 18.9. The quantitative estimate of drug-likeness (QED) is 0.636. The van der Waals surface area contributed by atoms with Crippen molar-refractivity contribution in [1.29, 1.82) is 0 Å². The summed E-state index contributed by atoms with van der Waals surface area (Å²) in [6.07, 6.45) is 0. The van der Waals surface area contributed by atoms with Crippen LogP contribution in [0.3, 0.4) is 0 Å². The molecule has 0 saturated carbocycles. The predicted molar refractivity (Wildman–Crippen MR) is 108 cm³/mol. The molecule has 2 aromatic carbocycles. The number of nitrogens with zero attached hydrogens (tertiary/aromatic N) is 3. The van der Waals surface area contributed by atoms with Gasteiger partial charge in [-0.3, -0.25) is 4.90 Å². The summed E-state index contributed by atoms with van der Waals surface area (Å²) in [5.74, 6) is 0.853. The van der Waals surface area contributed by atoms with E-state index in [-0.39, 0.29) is 16.4 Å². The van der Waals surface area contributed by atoms with Crippen LogP contribution in [0.4, 0.5) is 20.3 Å². The Morgan fingerprint density at radius 2 is 1.82 bits per heavy atom. The van der Waals surface area contributed by atoms with Gasteiger partial charge in [0.2, 0.25) is 0 Å². The van der Waals surface area contributed by atoms with E-state index in [9.17, 15) is 8.78 Å². The lowest BCUT2D eigenvalue weighted by molar-refractivity contribution is 0.160. The fourth-order valence-electron chi connectivity index (χ4n) is 3.89. The van der Waals surface area contributed by atoms with E-state index in [2.05, 4.69) is 35.7 Å². The molecule has 0 fully saturated rings. The lowest BCUT2D eigenvalue weighted by atomic mass is 10.0. The summed E-state index contributed by atoms with van der Waals surface area (Å²) in [7, 11) is 2.05. The molecule has 0 aliphatic carbocycles. The van der Waals surface area contributed by atoms with Crippen LogP contribution in [0.25, 0.3) is 11.3 Å². The highest BCUT2D eigenvalue weighted by atomic mass is 35.5. The molecule has 3 aromatic rings. The highest BCUT2D eigenvalue weighted by Crippen LogP contribution is 2.38. The van der Waals surface area contributed by atoms with Crippen molar-refractivity contribution in [3.05, 3.63) is 64.9 Å². The molecule has 0 bridgehead atoms. The fourth-order valence-corrected chi connectivity index (χ4v) is 4.01. The minimum Gasteiger partial charge on any atom is -0.340 e. The minimum atomic E-state index is -0.493. The molecule has 28 heavy (non-hydrogen) atoms. The van der Waals surface area contributed by atoms with Crippen molar-refractivity contribution in [3.8, 4) is 11.3 Å². The predicted octanol–water partition coefficient (Wildman–Crippen LogP) is 5.41. The van der Waals surface area contributed by atoms with Gasteiger partial charge in [0.1, 0.15) is 29.0 Å². The second-order valence-electron chi connectivity index (χ2n) is 7.81. The van der Waals surface area contributed by atoms with Gasteiger partial charge in [-0.1, -0.05) is 11.6 Å². The zero-order valence-electron chi connectivity index (χ0n) is 15.9. The molecule has 0 amide bonds. The molecule has 146 valence electrons. The zero-order chi connectivity index (χ0) is 20.1. The number of benzene rings is 2. The van der Waals surface area contributed by atoms with Crippen molar-refractivity contribution in [3.63, 3.8) is 0 Å². The maximum absolute atomic E-state index is 14.0. The molecular formula is C21H21ClF2N4. The van der Waals surface area contributed by atoms with Gasteiger partial charge in [-0.2, -0.15) is 0 Å². The van der Waals surface area contributed by atoms with Crippen molar-refractivity contribution in [1.82, 2.24) is 14.5 Å². The monoisotopic (exact) mass is 402 g/mol.